The van der Waals surface area contributed by atoms with Crippen molar-refractivity contribution in [3.8, 4) is 17.2 Å². The van der Waals surface area contributed by atoms with E-state index >= 15 is 0 Å². The van der Waals surface area contributed by atoms with Crippen molar-refractivity contribution in [2.75, 3.05) is 19.5 Å². The third-order valence-corrected chi connectivity index (χ3v) is 9.59. The second-order valence-electron chi connectivity index (χ2n) is 11.4. The third kappa shape index (κ3) is 5.37. The number of para-hydroxylation sites is 1. The van der Waals surface area contributed by atoms with Crippen LogP contribution in [0.2, 0.25) is 0 Å². The van der Waals surface area contributed by atoms with Gasteiger partial charge in [0.05, 0.1) is 30.0 Å². The van der Waals surface area contributed by atoms with Crippen LogP contribution in [0.15, 0.2) is 93.9 Å². The van der Waals surface area contributed by atoms with E-state index in [4.69, 9.17) is 14.5 Å². The molecule has 0 fully saturated rings. The smallest absolute Gasteiger partial charge is 0.271 e. The van der Waals surface area contributed by atoms with E-state index in [9.17, 15) is 9.59 Å². The lowest BCUT2D eigenvalue weighted by Crippen LogP contribution is -2.40. The minimum absolute atomic E-state index is 0.235. The molecule has 1 aliphatic rings. The van der Waals surface area contributed by atoms with Crippen LogP contribution in [0.5, 0.6) is 11.5 Å². The van der Waals surface area contributed by atoms with E-state index in [1.54, 1.807) is 37.8 Å². The zero-order chi connectivity index (χ0) is 32.7. The topological polar surface area (TPSA) is 86.9 Å². The van der Waals surface area contributed by atoms with E-state index in [1.807, 2.05) is 42.5 Å². The molecule has 1 atom stereocenters. The number of methoxy groups -OCH3 is 2. The molecule has 6 rings (SSSR count). The van der Waals surface area contributed by atoms with Crippen LogP contribution in [0.1, 0.15) is 46.6 Å². The van der Waals surface area contributed by atoms with E-state index in [0.717, 1.165) is 22.6 Å². The number of aryl methyl sites for hydroxylation is 2. The number of anilines is 1. The fourth-order valence-corrected chi connectivity index (χ4v) is 7.13. The summed E-state index contributed by atoms with van der Waals surface area (Å²) in [5.74, 6) is 0.751. The van der Waals surface area contributed by atoms with Crippen molar-refractivity contribution in [1.29, 1.82) is 0 Å². The van der Waals surface area contributed by atoms with Gasteiger partial charge in [-0.3, -0.25) is 14.2 Å². The summed E-state index contributed by atoms with van der Waals surface area (Å²) in [5.41, 5.74) is 8.54. The summed E-state index contributed by atoms with van der Waals surface area (Å²) in [6, 6.07) is 22.2. The minimum atomic E-state index is -0.787. The normalized spacial score (nSPS) is 14.6. The molecule has 3 aromatic carbocycles. The van der Waals surface area contributed by atoms with Crippen LogP contribution >= 0.6 is 11.3 Å². The fraction of sp³-hybridized carbons (Fsp3) is 0.216. The highest BCUT2D eigenvalue weighted by Gasteiger charge is 2.34. The number of rotatable bonds is 7. The number of aromatic nitrogens is 2. The Morgan fingerprint density at radius 2 is 1.70 bits per heavy atom. The highest BCUT2D eigenvalue weighted by atomic mass is 32.1. The number of nitrogens with one attached hydrogen (secondary N) is 1. The fourth-order valence-electron chi connectivity index (χ4n) is 6.09. The predicted octanol–water partition coefficient (Wildman–Crippen LogP) is 5.92. The molecule has 9 heteroatoms. The van der Waals surface area contributed by atoms with Gasteiger partial charge >= 0.3 is 0 Å². The van der Waals surface area contributed by atoms with Crippen LogP contribution in [-0.2, 0) is 4.79 Å². The van der Waals surface area contributed by atoms with Gasteiger partial charge in [-0.05, 0) is 93.8 Å². The van der Waals surface area contributed by atoms with Gasteiger partial charge in [0.1, 0.15) is 17.5 Å². The van der Waals surface area contributed by atoms with Crippen LogP contribution in [0, 0.1) is 27.7 Å². The highest BCUT2D eigenvalue weighted by Crippen LogP contribution is 2.37. The zero-order valence-corrected chi connectivity index (χ0v) is 27.8. The Bertz CT molecular complexity index is 2210. The number of ether oxygens (including phenoxy) is 2. The standard InChI is InChI=1S/C37H36N4O4S/c1-21-12-11-15-30(23(21)3)40-22(2)18-26(25(40)5)19-32-36(43)41-34(29-17-16-28(44-6)20-31(29)45-7)33(24(4)38-37(41)46-32)35(42)39-27-13-9-8-10-14-27/h8-20,34H,1-7H3,(H,39,42)/b32-19-/t34-/m1/s1. The van der Waals surface area contributed by atoms with E-state index in [0.29, 0.717) is 43.4 Å². The molecule has 0 radical (unpaired) electrons. The van der Waals surface area contributed by atoms with Gasteiger partial charge in [-0.2, -0.15) is 0 Å². The summed E-state index contributed by atoms with van der Waals surface area (Å²) in [7, 11) is 3.14. The van der Waals surface area contributed by atoms with Crippen molar-refractivity contribution < 1.29 is 14.3 Å². The van der Waals surface area contributed by atoms with Gasteiger partial charge in [0.2, 0.25) is 0 Å². The van der Waals surface area contributed by atoms with Gasteiger partial charge in [0, 0.05) is 34.4 Å². The van der Waals surface area contributed by atoms with Gasteiger partial charge in [-0.1, -0.05) is 41.7 Å². The quantitative estimate of drug-likeness (QED) is 0.242. The SMILES string of the molecule is COc1ccc([C@@H]2C(C(=O)Nc3ccccc3)=C(C)N=c3s/c(=C\c4cc(C)n(-c5cccc(C)c5C)c4C)c(=O)n32)c(OC)c1. The summed E-state index contributed by atoms with van der Waals surface area (Å²) in [6.07, 6.45) is 1.93. The molecule has 234 valence electrons. The first-order valence-electron chi connectivity index (χ1n) is 15.0. The molecule has 46 heavy (non-hydrogen) atoms. The van der Waals surface area contributed by atoms with Crippen LogP contribution in [0.4, 0.5) is 5.69 Å². The molecule has 0 aliphatic carbocycles. The Morgan fingerprint density at radius 1 is 0.935 bits per heavy atom. The molecule has 1 aliphatic heterocycles. The largest absolute Gasteiger partial charge is 0.497 e. The predicted molar refractivity (Wildman–Crippen MR) is 183 cm³/mol. The Labute approximate surface area is 271 Å². The molecular formula is C37H36N4O4S. The number of allylic oxidation sites excluding steroid dienone is 1. The Balaban J connectivity index is 1.54. The van der Waals surface area contributed by atoms with E-state index in [-0.39, 0.29) is 11.5 Å². The number of amides is 1. The van der Waals surface area contributed by atoms with E-state index < -0.39 is 6.04 Å². The number of benzene rings is 3. The van der Waals surface area contributed by atoms with Crippen molar-refractivity contribution in [1.82, 2.24) is 9.13 Å². The summed E-state index contributed by atoms with van der Waals surface area (Å²) in [4.78, 5) is 33.7. The zero-order valence-electron chi connectivity index (χ0n) is 27.0. The molecule has 0 spiro atoms. The summed E-state index contributed by atoms with van der Waals surface area (Å²) >= 11 is 1.31. The van der Waals surface area contributed by atoms with E-state index in [2.05, 4.69) is 61.8 Å². The minimum Gasteiger partial charge on any atom is -0.497 e. The van der Waals surface area contributed by atoms with Crippen molar-refractivity contribution in [2.45, 2.75) is 40.7 Å². The number of carbonyl (C=O) groups is 1. The first kappa shape index (κ1) is 30.9. The molecule has 0 unspecified atom stereocenters. The first-order valence-corrected chi connectivity index (χ1v) is 15.8. The second-order valence-corrected chi connectivity index (χ2v) is 12.4. The molecule has 0 bridgehead atoms. The van der Waals surface area contributed by atoms with Crippen molar-refractivity contribution >= 4 is 29.0 Å². The molecule has 5 aromatic rings. The van der Waals surface area contributed by atoms with Gasteiger partial charge in [0.25, 0.3) is 11.5 Å². The van der Waals surface area contributed by atoms with Crippen LogP contribution in [-0.4, -0.2) is 29.3 Å². The lowest BCUT2D eigenvalue weighted by molar-refractivity contribution is -0.113. The van der Waals surface area contributed by atoms with Crippen molar-refractivity contribution in [3.63, 3.8) is 0 Å². The Kier molecular flexibility index (Phi) is 8.27. The molecule has 3 heterocycles. The van der Waals surface area contributed by atoms with Crippen molar-refractivity contribution in [3.05, 3.63) is 137 Å². The average Bonchev–Trinajstić information content (AvgIpc) is 3.50. The maximum Gasteiger partial charge on any atom is 0.271 e. The van der Waals surface area contributed by atoms with Crippen molar-refractivity contribution in [2.24, 2.45) is 4.99 Å². The Morgan fingerprint density at radius 3 is 2.41 bits per heavy atom. The number of nitrogens with zero attached hydrogens (tertiary/aromatic N) is 3. The van der Waals surface area contributed by atoms with Gasteiger partial charge in [-0.25, -0.2) is 4.99 Å². The lowest BCUT2D eigenvalue weighted by Gasteiger charge is -2.26. The van der Waals surface area contributed by atoms with E-state index in [1.165, 1.54) is 22.5 Å². The average molecular weight is 633 g/mol. The summed E-state index contributed by atoms with van der Waals surface area (Å²) in [5, 5.41) is 2.99. The molecule has 2 aromatic heterocycles. The number of hydrogen-bond donors (Lipinski definition) is 1. The van der Waals surface area contributed by atoms with Gasteiger partial charge in [-0.15, -0.1) is 0 Å². The van der Waals surface area contributed by atoms with Gasteiger partial charge in [0.15, 0.2) is 4.80 Å². The van der Waals surface area contributed by atoms with Crippen LogP contribution < -0.4 is 29.7 Å². The Hall–Kier alpha value is -5.15. The van der Waals surface area contributed by atoms with Gasteiger partial charge < -0.3 is 19.4 Å². The maximum absolute atomic E-state index is 14.4. The number of fused-ring (bicyclic) bond motifs is 1. The molecule has 0 saturated heterocycles. The molecule has 8 nitrogen and oxygen atoms in total. The number of thiazole rings is 1. The van der Waals surface area contributed by atoms with Crippen LogP contribution in [0.25, 0.3) is 11.8 Å². The maximum atomic E-state index is 14.4. The monoisotopic (exact) mass is 632 g/mol. The summed E-state index contributed by atoms with van der Waals surface area (Å²) < 4.78 is 15.6. The number of carbonyl (C=O) groups excluding carboxylic acids is 1. The lowest BCUT2D eigenvalue weighted by atomic mass is 9.94. The van der Waals surface area contributed by atoms with Crippen LogP contribution in [0.3, 0.4) is 0 Å². The second kappa shape index (κ2) is 12.3. The highest BCUT2D eigenvalue weighted by molar-refractivity contribution is 7.07. The first-order chi connectivity index (χ1) is 22.1. The molecule has 1 N–H and O–H groups in total. The summed E-state index contributed by atoms with van der Waals surface area (Å²) in [6.45, 7) is 10.2. The number of hydrogen-bond acceptors (Lipinski definition) is 6. The molecular weight excluding hydrogens is 596 g/mol. The molecule has 0 saturated carbocycles. The molecule has 1 amide bonds. The third-order valence-electron chi connectivity index (χ3n) is 8.61.